The Morgan fingerprint density at radius 2 is 1.71 bits per heavy atom. The van der Waals surface area contributed by atoms with Gasteiger partial charge in [-0.3, -0.25) is 4.99 Å². The number of hydrogen-bond acceptors (Lipinski definition) is 5. The molecular weight excluding hydrogens is 356 g/mol. The molecule has 2 N–H and O–H groups in total. The molecule has 1 atom stereocenters. The zero-order chi connectivity index (χ0) is 20.6. The molecule has 0 aliphatic heterocycles. The molecule has 1 rings (SSSR count). The maximum Gasteiger partial charge on any atom is 0.191 e. The van der Waals surface area contributed by atoms with E-state index >= 15 is 0 Å². The molecule has 0 amide bonds. The van der Waals surface area contributed by atoms with E-state index in [9.17, 15) is 0 Å². The number of nitrogens with zero attached hydrogens (tertiary/aromatic N) is 2. The Balaban J connectivity index is 2.30. The van der Waals surface area contributed by atoms with E-state index in [4.69, 9.17) is 14.2 Å². The molecular formula is C21H38N4O3. The van der Waals surface area contributed by atoms with Crippen LogP contribution in [0.15, 0.2) is 29.3 Å². The Bertz CT molecular complexity index is 535. The summed E-state index contributed by atoms with van der Waals surface area (Å²) in [5.74, 6) is 1.63. The van der Waals surface area contributed by atoms with Gasteiger partial charge in [0, 0.05) is 26.7 Å². The lowest BCUT2D eigenvalue weighted by Gasteiger charge is -2.26. The molecule has 0 fully saturated rings. The maximum atomic E-state index is 5.57. The quantitative estimate of drug-likeness (QED) is 0.287. The van der Waals surface area contributed by atoms with E-state index in [0.717, 1.165) is 37.7 Å². The number of methoxy groups -OCH3 is 1. The fourth-order valence-electron chi connectivity index (χ4n) is 2.65. The molecule has 1 aromatic carbocycles. The van der Waals surface area contributed by atoms with Gasteiger partial charge in [-0.15, -0.1) is 0 Å². The van der Waals surface area contributed by atoms with Crippen molar-refractivity contribution < 1.29 is 14.2 Å². The van der Waals surface area contributed by atoms with Crippen molar-refractivity contribution in [2.24, 2.45) is 4.99 Å². The monoisotopic (exact) mass is 394 g/mol. The van der Waals surface area contributed by atoms with E-state index in [1.165, 1.54) is 5.56 Å². The highest BCUT2D eigenvalue weighted by Crippen LogP contribution is 2.20. The highest BCUT2D eigenvalue weighted by Gasteiger charge is 2.14. The fourth-order valence-corrected chi connectivity index (χ4v) is 2.65. The van der Waals surface area contributed by atoms with Gasteiger partial charge in [-0.05, 0) is 38.2 Å². The molecule has 28 heavy (non-hydrogen) atoms. The van der Waals surface area contributed by atoms with Crippen LogP contribution < -0.4 is 15.4 Å². The second-order valence-electron chi connectivity index (χ2n) is 6.71. The first-order valence-electron chi connectivity index (χ1n) is 10.0. The number of ether oxygens (including phenoxy) is 3. The van der Waals surface area contributed by atoms with Crippen LogP contribution in [0.4, 0.5) is 0 Å². The predicted octanol–water partition coefficient (Wildman–Crippen LogP) is 2.30. The molecule has 0 saturated carbocycles. The van der Waals surface area contributed by atoms with Gasteiger partial charge in [0.25, 0.3) is 0 Å². The minimum atomic E-state index is 0.223. The van der Waals surface area contributed by atoms with Crippen LogP contribution in [-0.2, 0) is 9.47 Å². The third-order valence-electron chi connectivity index (χ3n) is 4.36. The number of rotatable bonds is 14. The largest absolute Gasteiger partial charge is 0.497 e. The molecule has 0 bridgehead atoms. The average Bonchev–Trinajstić information content (AvgIpc) is 2.71. The molecule has 0 saturated heterocycles. The molecule has 7 nitrogen and oxygen atoms in total. The van der Waals surface area contributed by atoms with E-state index in [-0.39, 0.29) is 6.04 Å². The van der Waals surface area contributed by atoms with Gasteiger partial charge < -0.3 is 29.7 Å². The molecule has 0 heterocycles. The van der Waals surface area contributed by atoms with Gasteiger partial charge in [0.2, 0.25) is 0 Å². The van der Waals surface area contributed by atoms with Crippen LogP contribution in [0.2, 0.25) is 0 Å². The molecule has 1 aromatic rings. The average molecular weight is 395 g/mol. The number of likely N-dealkylation sites (N-methyl/N-ethyl adjacent to an activating group) is 1. The molecule has 0 aliphatic rings. The summed E-state index contributed by atoms with van der Waals surface area (Å²) in [4.78, 5) is 6.47. The number of benzene rings is 1. The van der Waals surface area contributed by atoms with Gasteiger partial charge in [0.15, 0.2) is 5.96 Å². The fraction of sp³-hybridized carbons (Fsp3) is 0.667. The number of hydrogen-bond donors (Lipinski definition) is 2. The number of unbranched alkanes of at least 4 members (excludes halogenated alkanes) is 1. The van der Waals surface area contributed by atoms with Gasteiger partial charge in [0.05, 0.1) is 33.0 Å². The standard InChI is InChI=1S/C21H38N4O3/c1-6-7-13-27-15-16-28-14-12-23-21(22-2)24-17-20(25(3)4)18-8-10-19(26-5)11-9-18/h8-11,20H,6-7,12-17H2,1-5H3,(H2,22,23,24). The van der Waals surface area contributed by atoms with Crippen molar-refractivity contribution in [1.82, 2.24) is 15.5 Å². The first kappa shape index (κ1) is 24.2. The number of nitrogens with one attached hydrogen (secondary N) is 2. The van der Waals surface area contributed by atoms with E-state index < -0.39 is 0 Å². The van der Waals surface area contributed by atoms with Crippen molar-refractivity contribution in [3.8, 4) is 5.75 Å². The Morgan fingerprint density at radius 3 is 2.29 bits per heavy atom. The zero-order valence-electron chi connectivity index (χ0n) is 18.2. The first-order chi connectivity index (χ1) is 13.6. The van der Waals surface area contributed by atoms with Crippen molar-refractivity contribution in [2.75, 3.05) is 67.8 Å². The molecule has 1 unspecified atom stereocenters. The lowest BCUT2D eigenvalue weighted by atomic mass is 10.1. The molecule has 0 aromatic heterocycles. The van der Waals surface area contributed by atoms with Crippen LogP contribution in [-0.4, -0.2) is 78.6 Å². The topological polar surface area (TPSA) is 67.3 Å². The Morgan fingerprint density at radius 1 is 1.04 bits per heavy atom. The summed E-state index contributed by atoms with van der Waals surface area (Å²) in [6.45, 7) is 6.30. The lowest BCUT2D eigenvalue weighted by molar-refractivity contribution is 0.0487. The van der Waals surface area contributed by atoms with Crippen LogP contribution in [0.25, 0.3) is 0 Å². The summed E-state index contributed by atoms with van der Waals surface area (Å²) < 4.78 is 16.3. The van der Waals surface area contributed by atoms with Crippen LogP contribution in [0.5, 0.6) is 5.75 Å². The predicted molar refractivity (Wildman–Crippen MR) is 115 cm³/mol. The minimum absolute atomic E-state index is 0.223. The normalized spacial score (nSPS) is 12.9. The highest BCUT2D eigenvalue weighted by molar-refractivity contribution is 5.79. The summed E-state index contributed by atoms with van der Waals surface area (Å²) in [6.07, 6.45) is 2.26. The number of aliphatic imine (C=N–C) groups is 1. The van der Waals surface area contributed by atoms with Crippen LogP contribution >= 0.6 is 0 Å². The second-order valence-corrected chi connectivity index (χ2v) is 6.71. The van der Waals surface area contributed by atoms with Crippen LogP contribution in [0, 0.1) is 0 Å². The third-order valence-corrected chi connectivity index (χ3v) is 4.36. The summed E-state index contributed by atoms with van der Waals surface area (Å²) in [5, 5.41) is 6.67. The van der Waals surface area contributed by atoms with E-state index in [0.29, 0.717) is 26.4 Å². The van der Waals surface area contributed by atoms with Crippen molar-refractivity contribution in [3.05, 3.63) is 29.8 Å². The molecule has 0 aliphatic carbocycles. The maximum absolute atomic E-state index is 5.57. The van der Waals surface area contributed by atoms with E-state index in [1.54, 1.807) is 14.2 Å². The molecule has 160 valence electrons. The van der Waals surface area contributed by atoms with Crippen LogP contribution in [0.1, 0.15) is 31.4 Å². The summed E-state index contributed by atoms with van der Waals surface area (Å²) in [6, 6.07) is 8.39. The molecule has 0 radical (unpaired) electrons. The smallest absolute Gasteiger partial charge is 0.191 e. The SMILES string of the molecule is CCCCOCCOCCNC(=NC)NCC(c1ccc(OC)cc1)N(C)C. The first-order valence-corrected chi connectivity index (χ1v) is 10.0. The highest BCUT2D eigenvalue weighted by atomic mass is 16.5. The van der Waals surface area contributed by atoms with Crippen molar-refractivity contribution in [3.63, 3.8) is 0 Å². The molecule has 7 heteroatoms. The van der Waals surface area contributed by atoms with Gasteiger partial charge in [-0.1, -0.05) is 25.5 Å². The van der Waals surface area contributed by atoms with Gasteiger partial charge in [-0.25, -0.2) is 0 Å². The Kier molecular flexibility index (Phi) is 13.1. The van der Waals surface area contributed by atoms with Gasteiger partial charge in [-0.2, -0.15) is 0 Å². The van der Waals surface area contributed by atoms with Crippen LogP contribution in [0.3, 0.4) is 0 Å². The summed E-state index contributed by atoms with van der Waals surface area (Å²) >= 11 is 0. The Labute approximate surface area is 170 Å². The number of guanidine groups is 1. The van der Waals surface area contributed by atoms with Crippen molar-refractivity contribution in [2.45, 2.75) is 25.8 Å². The third kappa shape index (κ3) is 9.92. The van der Waals surface area contributed by atoms with Gasteiger partial charge in [0.1, 0.15) is 5.75 Å². The summed E-state index contributed by atoms with van der Waals surface area (Å²) in [5.41, 5.74) is 1.22. The van der Waals surface area contributed by atoms with Crippen molar-refractivity contribution >= 4 is 5.96 Å². The van der Waals surface area contributed by atoms with Gasteiger partial charge >= 0.3 is 0 Å². The second kappa shape index (κ2) is 15.1. The van der Waals surface area contributed by atoms with Crippen molar-refractivity contribution in [1.29, 1.82) is 0 Å². The minimum Gasteiger partial charge on any atom is -0.497 e. The molecule has 0 spiro atoms. The van der Waals surface area contributed by atoms with E-state index in [2.05, 4.69) is 53.7 Å². The van der Waals surface area contributed by atoms with E-state index in [1.807, 2.05) is 12.1 Å². The Hall–Kier alpha value is -1.83. The summed E-state index contributed by atoms with van der Waals surface area (Å²) in [7, 11) is 7.60. The lowest BCUT2D eigenvalue weighted by Crippen LogP contribution is -2.42. The zero-order valence-corrected chi connectivity index (χ0v) is 18.2.